The first-order valence-electron chi connectivity index (χ1n) is 7.48. The molecule has 4 heteroatoms. The van der Waals surface area contributed by atoms with Gasteiger partial charge in [0, 0.05) is 18.7 Å². The molecular formula is C18H17NO3. The molecule has 0 radical (unpaired) electrons. The van der Waals surface area contributed by atoms with Gasteiger partial charge in [-0.05, 0) is 48.7 Å². The van der Waals surface area contributed by atoms with E-state index in [-0.39, 0.29) is 12.7 Å². The van der Waals surface area contributed by atoms with E-state index in [2.05, 4.69) is 0 Å². The zero-order valence-corrected chi connectivity index (χ0v) is 12.5. The van der Waals surface area contributed by atoms with Gasteiger partial charge in [-0.15, -0.1) is 0 Å². The molecule has 0 aromatic heterocycles. The van der Waals surface area contributed by atoms with Crippen molar-refractivity contribution in [2.24, 2.45) is 0 Å². The lowest BCUT2D eigenvalue weighted by atomic mass is 9.98. The fraction of sp³-hybridized carbons (Fsp3) is 0.278. The van der Waals surface area contributed by atoms with Crippen LogP contribution in [-0.4, -0.2) is 24.1 Å². The number of benzene rings is 2. The largest absolute Gasteiger partial charge is 0.454 e. The van der Waals surface area contributed by atoms with Gasteiger partial charge in [-0.25, -0.2) is 0 Å². The molecule has 0 unspecified atom stereocenters. The number of amides is 1. The van der Waals surface area contributed by atoms with Gasteiger partial charge in [-0.1, -0.05) is 17.7 Å². The second-order valence-corrected chi connectivity index (χ2v) is 5.82. The molecule has 0 saturated carbocycles. The Bertz CT molecular complexity index is 737. The first-order valence-corrected chi connectivity index (χ1v) is 7.48. The van der Waals surface area contributed by atoms with Crippen LogP contribution in [0.25, 0.3) is 0 Å². The summed E-state index contributed by atoms with van der Waals surface area (Å²) < 4.78 is 10.8. The Labute approximate surface area is 129 Å². The minimum Gasteiger partial charge on any atom is -0.454 e. The minimum atomic E-state index is 0.0864. The molecule has 4 nitrogen and oxygen atoms in total. The molecular weight excluding hydrogens is 278 g/mol. The van der Waals surface area contributed by atoms with Gasteiger partial charge in [0.05, 0.1) is 0 Å². The number of carbonyl (C=O) groups is 1. The SMILES string of the molecule is Cc1ccc(C(=O)N2CCc3cc4c(cc3C2)OCO4)cc1. The Morgan fingerprint density at radius 1 is 1.05 bits per heavy atom. The lowest BCUT2D eigenvalue weighted by Gasteiger charge is -2.29. The topological polar surface area (TPSA) is 38.8 Å². The van der Waals surface area contributed by atoms with Crippen LogP contribution in [-0.2, 0) is 13.0 Å². The number of aryl methyl sites for hydroxylation is 1. The van der Waals surface area contributed by atoms with E-state index in [1.807, 2.05) is 48.2 Å². The Balaban J connectivity index is 1.59. The summed E-state index contributed by atoms with van der Waals surface area (Å²) in [6, 6.07) is 11.8. The number of rotatable bonds is 1. The van der Waals surface area contributed by atoms with E-state index in [1.54, 1.807) is 0 Å². The molecule has 2 aliphatic heterocycles. The van der Waals surface area contributed by atoms with Gasteiger partial charge in [-0.2, -0.15) is 0 Å². The third-order valence-electron chi connectivity index (χ3n) is 4.29. The summed E-state index contributed by atoms with van der Waals surface area (Å²) in [5.74, 6) is 1.68. The van der Waals surface area contributed by atoms with E-state index in [0.717, 1.165) is 41.2 Å². The number of carbonyl (C=O) groups excluding carboxylic acids is 1. The molecule has 0 spiro atoms. The van der Waals surface area contributed by atoms with E-state index < -0.39 is 0 Å². The van der Waals surface area contributed by atoms with E-state index in [1.165, 1.54) is 5.56 Å². The van der Waals surface area contributed by atoms with Crippen LogP contribution < -0.4 is 9.47 Å². The monoisotopic (exact) mass is 295 g/mol. The van der Waals surface area contributed by atoms with Crippen molar-refractivity contribution >= 4 is 5.91 Å². The van der Waals surface area contributed by atoms with Crippen LogP contribution >= 0.6 is 0 Å². The first-order chi connectivity index (χ1) is 10.7. The molecule has 22 heavy (non-hydrogen) atoms. The Hall–Kier alpha value is -2.49. The molecule has 0 N–H and O–H groups in total. The molecule has 2 heterocycles. The third kappa shape index (κ3) is 2.21. The van der Waals surface area contributed by atoms with Gasteiger partial charge in [0.1, 0.15) is 0 Å². The van der Waals surface area contributed by atoms with Crippen LogP contribution in [0, 0.1) is 6.92 Å². The summed E-state index contributed by atoms with van der Waals surface area (Å²) in [5.41, 5.74) is 4.30. The van der Waals surface area contributed by atoms with Gasteiger partial charge in [0.2, 0.25) is 6.79 Å². The van der Waals surface area contributed by atoms with E-state index in [4.69, 9.17) is 9.47 Å². The molecule has 0 aliphatic carbocycles. The second-order valence-electron chi connectivity index (χ2n) is 5.82. The van der Waals surface area contributed by atoms with Gasteiger partial charge in [0.15, 0.2) is 11.5 Å². The molecule has 0 atom stereocenters. The summed E-state index contributed by atoms with van der Waals surface area (Å²) in [4.78, 5) is 14.5. The molecule has 2 aliphatic rings. The highest BCUT2D eigenvalue weighted by molar-refractivity contribution is 5.94. The lowest BCUT2D eigenvalue weighted by Crippen LogP contribution is -2.35. The smallest absolute Gasteiger partial charge is 0.254 e. The predicted molar refractivity (Wildman–Crippen MR) is 82.2 cm³/mol. The van der Waals surface area contributed by atoms with Crippen LogP contribution in [0.4, 0.5) is 0 Å². The molecule has 112 valence electrons. The zero-order valence-electron chi connectivity index (χ0n) is 12.5. The molecule has 1 amide bonds. The first kappa shape index (κ1) is 13.2. The third-order valence-corrected chi connectivity index (χ3v) is 4.29. The summed E-state index contributed by atoms with van der Waals surface area (Å²) >= 11 is 0. The number of nitrogens with zero attached hydrogens (tertiary/aromatic N) is 1. The maximum Gasteiger partial charge on any atom is 0.254 e. The molecule has 0 saturated heterocycles. The average Bonchev–Trinajstić information content (AvgIpc) is 2.99. The Kier molecular flexibility index (Phi) is 3.03. The highest BCUT2D eigenvalue weighted by Crippen LogP contribution is 2.36. The number of hydrogen-bond donors (Lipinski definition) is 0. The highest BCUT2D eigenvalue weighted by Gasteiger charge is 2.25. The van der Waals surface area contributed by atoms with Crippen molar-refractivity contribution in [3.63, 3.8) is 0 Å². The highest BCUT2D eigenvalue weighted by atomic mass is 16.7. The maximum absolute atomic E-state index is 12.6. The van der Waals surface area contributed by atoms with Crippen LogP contribution in [0.1, 0.15) is 27.0 Å². The lowest BCUT2D eigenvalue weighted by molar-refractivity contribution is 0.0734. The quantitative estimate of drug-likeness (QED) is 0.812. The summed E-state index contributed by atoms with van der Waals surface area (Å²) in [7, 11) is 0. The van der Waals surface area contributed by atoms with Crippen molar-refractivity contribution < 1.29 is 14.3 Å². The molecule has 2 aromatic carbocycles. The summed E-state index contributed by atoms with van der Waals surface area (Å²) in [6.45, 7) is 3.66. The van der Waals surface area contributed by atoms with E-state index in [0.29, 0.717) is 6.54 Å². The van der Waals surface area contributed by atoms with Gasteiger partial charge < -0.3 is 14.4 Å². The fourth-order valence-corrected chi connectivity index (χ4v) is 3.00. The van der Waals surface area contributed by atoms with Gasteiger partial charge in [-0.3, -0.25) is 4.79 Å². The molecule has 0 bridgehead atoms. The van der Waals surface area contributed by atoms with E-state index >= 15 is 0 Å². The zero-order chi connectivity index (χ0) is 15.1. The summed E-state index contributed by atoms with van der Waals surface area (Å²) in [5, 5.41) is 0. The van der Waals surface area contributed by atoms with Crippen LogP contribution in [0.5, 0.6) is 11.5 Å². The number of fused-ring (bicyclic) bond motifs is 2. The average molecular weight is 295 g/mol. The van der Waals surface area contributed by atoms with Crippen molar-refractivity contribution in [3.8, 4) is 11.5 Å². The molecule has 4 rings (SSSR count). The maximum atomic E-state index is 12.6. The second kappa shape index (κ2) is 5.05. The van der Waals surface area contributed by atoms with Crippen LogP contribution in [0.3, 0.4) is 0 Å². The Morgan fingerprint density at radius 3 is 2.45 bits per heavy atom. The van der Waals surface area contributed by atoms with Crippen molar-refractivity contribution in [3.05, 3.63) is 58.7 Å². The molecule has 2 aromatic rings. The van der Waals surface area contributed by atoms with Crippen molar-refractivity contribution in [2.75, 3.05) is 13.3 Å². The van der Waals surface area contributed by atoms with E-state index in [9.17, 15) is 4.79 Å². The predicted octanol–water partition coefficient (Wildman–Crippen LogP) is 2.92. The van der Waals surface area contributed by atoms with Crippen molar-refractivity contribution in [1.29, 1.82) is 0 Å². The Morgan fingerprint density at radius 2 is 1.73 bits per heavy atom. The van der Waals surface area contributed by atoms with Crippen molar-refractivity contribution in [1.82, 2.24) is 4.90 Å². The molecule has 0 fully saturated rings. The standard InChI is InChI=1S/C18H17NO3/c1-12-2-4-13(5-3-12)18(20)19-7-6-14-8-16-17(22-11-21-16)9-15(14)10-19/h2-5,8-9H,6-7,10-11H2,1H3. The number of hydrogen-bond acceptors (Lipinski definition) is 3. The van der Waals surface area contributed by atoms with Gasteiger partial charge in [0.25, 0.3) is 5.91 Å². The number of ether oxygens (including phenoxy) is 2. The van der Waals surface area contributed by atoms with Crippen molar-refractivity contribution in [2.45, 2.75) is 19.9 Å². The normalized spacial score (nSPS) is 15.6. The van der Waals surface area contributed by atoms with Crippen LogP contribution in [0.2, 0.25) is 0 Å². The summed E-state index contributed by atoms with van der Waals surface area (Å²) in [6.07, 6.45) is 0.851. The fourth-order valence-electron chi connectivity index (χ4n) is 3.00. The minimum absolute atomic E-state index is 0.0864. The van der Waals surface area contributed by atoms with Gasteiger partial charge >= 0.3 is 0 Å². The van der Waals surface area contributed by atoms with Crippen LogP contribution in [0.15, 0.2) is 36.4 Å².